The van der Waals surface area contributed by atoms with Crippen LogP contribution in [0.2, 0.25) is 0 Å². The summed E-state index contributed by atoms with van der Waals surface area (Å²) < 4.78 is 6.46. The molecule has 7 heteroatoms. The minimum absolute atomic E-state index is 0.0745. The van der Waals surface area contributed by atoms with Crippen LogP contribution in [-0.4, -0.2) is 51.2 Å². The summed E-state index contributed by atoms with van der Waals surface area (Å²) in [6, 6.07) is 1.75. The van der Waals surface area contributed by atoms with Gasteiger partial charge in [-0.05, 0) is 39.7 Å². The van der Waals surface area contributed by atoms with Crippen LogP contribution in [0.3, 0.4) is 0 Å². The van der Waals surface area contributed by atoms with Crippen LogP contribution in [-0.2, 0) is 16.6 Å². The minimum Gasteiger partial charge on any atom is -0.468 e. The zero-order chi connectivity index (χ0) is 18.3. The number of amides is 1. The van der Waals surface area contributed by atoms with Gasteiger partial charge in [0.05, 0.1) is 23.8 Å². The molecule has 2 aromatic rings. The molecular weight excluding hydrogens is 320 g/mol. The Labute approximate surface area is 147 Å². The molecule has 7 nitrogen and oxygen atoms in total. The Kier molecular flexibility index (Phi) is 4.49. The lowest BCUT2D eigenvalue weighted by Gasteiger charge is -2.26. The summed E-state index contributed by atoms with van der Waals surface area (Å²) in [5, 5.41) is 5.18. The summed E-state index contributed by atoms with van der Waals surface area (Å²) in [5.74, 6) is -0.206. The number of fused-ring (bicyclic) bond motifs is 1. The normalized spacial score (nSPS) is 14.2. The highest BCUT2D eigenvalue weighted by Gasteiger charge is 2.30. The van der Waals surface area contributed by atoms with Gasteiger partial charge in [0.2, 0.25) is 0 Å². The van der Waals surface area contributed by atoms with Gasteiger partial charge >= 0.3 is 5.97 Å². The average Bonchev–Trinajstić information content (AvgIpc) is 3.38. The molecule has 2 heterocycles. The van der Waals surface area contributed by atoms with Crippen molar-refractivity contribution in [3.63, 3.8) is 0 Å². The highest BCUT2D eigenvalue weighted by molar-refractivity contribution is 6.07. The van der Waals surface area contributed by atoms with Gasteiger partial charge in [-0.15, -0.1) is 0 Å². The third-order valence-corrected chi connectivity index (χ3v) is 4.63. The Hall–Kier alpha value is -2.44. The van der Waals surface area contributed by atoms with Gasteiger partial charge < -0.3 is 9.64 Å². The SMILES string of the molecule is COC(=O)CN(C(=O)c1cc(C2CC2)nc2c1c(C)nn2C)C(C)C. The van der Waals surface area contributed by atoms with Crippen LogP contribution in [0.5, 0.6) is 0 Å². The molecule has 0 saturated heterocycles. The van der Waals surface area contributed by atoms with E-state index in [0.717, 1.165) is 29.6 Å². The van der Waals surface area contributed by atoms with Crippen molar-refractivity contribution in [2.75, 3.05) is 13.7 Å². The number of aromatic nitrogens is 3. The molecule has 0 unspecified atom stereocenters. The second-order valence-corrected chi connectivity index (χ2v) is 6.88. The lowest BCUT2D eigenvalue weighted by atomic mass is 10.1. The van der Waals surface area contributed by atoms with Gasteiger partial charge in [0, 0.05) is 24.7 Å². The van der Waals surface area contributed by atoms with Crippen LogP contribution in [0.4, 0.5) is 0 Å². The molecule has 0 N–H and O–H groups in total. The van der Waals surface area contributed by atoms with Gasteiger partial charge in [-0.1, -0.05) is 0 Å². The van der Waals surface area contributed by atoms with E-state index in [-0.39, 0.29) is 18.5 Å². The molecule has 2 aromatic heterocycles. The molecule has 1 amide bonds. The minimum atomic E-state index is -0.433. The number of hydrogen-bond acceptors (Lipinski definition) is 5. The van der Waals surface area contributed by atoms with Crippen molar-refractivity contribution in [3.05, 3.63) is 23.0 Å². The fraction of sp³-hybridized carbons (Fsp3) is 0.556. The van der Waals surface area contributed by atoms with E-state index in [2.05, 4.69) is 5.10 Å². The Bertz CT molecular complexity index is 836. The Morgan fingerprint density at radius 2 is 2.08 bits per heavy atom. The molecule has 25 heavy (non-hydrogen) atoms. The lowest BCUT2D eigenvalue weighted by Crippen LogP contribution is -2.41. The molecule has 0 radical (unpaired) electrons. The molecule has 3 rings (SSSR count). The van der Waals surface area contributed by atoms with Gasteiger partial charge in [0.15, 0.2) is 5.65 Å². The Balaban J connectivity index is 2.11. The van der Waals surface area contributed by atoms with E-state index in [9.17, 15) is 9.59 Å². The van der Waals surface area contributed by atoms with Gasteiger partial charge in [0.25, 0.3) is 5.91 Å². The first-order valence-corrected chi connectivity index (χ1v) is 8.55. The van der Waals surface area contributed by atoms with E-state index >= 15 is 0 Å². The lowest BCUT2D eigenvalue weighted by molar-refractivity contribution is -0.141. The zero-order valence-electron chi connectivity index (χ0n) is 15.4. The van der Waals surface area contributed by atoms with Crippen LogP contribution in [0.25, 0.3) is 11.0 Å². The summed E-state index contributed by atoms with van der Waals surface area (Å²) in [6.45, 7) is 5.57. The molecule has 1 saturated carbocycles. The van der Waals surface area contributed by atoms with Gasteiger partial charge in [-0.2, -0.15) is 5.10 Å². The number of carbonyl (C=O) groups excluding carboxylic acids is 2. The predicted octanol–water partition coefficient (Wildman–Crippen LogP) is 2.18. The molecule has 0 aromatic carbocycles. The zero-order valence-corrected chi connectivity index (χ0v) is 15.4. The maximum atomic E-state index is 13.3. The standard InChI is InChI=1S/C18H24N4O3/c1-10(2)22(9-15(23)25-5)18(24)13-8-14(12-6-7-12)19-17-16(13)11(3)20-21(17)4/h8,10,12H,6-7,9H2,1-5H3. The van der Waals surface area contributed by atoms with E-state index in [1.165, 1.54) is 12.0 Å². The summed E-state index contributed by atoms with van der Waals surface area (Å²) in [6.07, 6.45) is 2.19. The number of carbonyl (C=O) groups is 2. The van der Waals surface area contributed by atoms with Crippen molar-refractivity contribution < 1.29 is 14.3 Å². The van der Waals surface area contributed by atoms with Crippen molar-refractivity contribution in [1.29, 1.82) is 0 Å². The number of ether oxygens (including phenoxy) is 1. The molecule has 1 fully saturated rings. The monoisotopic (exact) mass is 344 g/mol. The summed E-state index contributed by atoms with van der Waals surface area (Å²) in [4.78, 5) is 31.3. The van der Waals surface area contributed by atoms with Crippen molar-refractivity contribution in [2.45, 2.75) is 45.6 Å². The maximum Gasteiger partial charge on any atom is 0.325 e. The quantitative estimate of drug-likeness (QED) is 0.777. The third-order valence-electron chi connectivity index (χ3n) is 4.63. The number of nitrogens with zero attached hydrogens (tertiary/aromatic N) is 4. The molecule has 0 aliphatic heterocycles. The molecule has 0 bridgehead atoms. The van der Waals surface area contributed by atoms with Crippen molar-refractivity contribution >= 4 is 22.9 Å². The molecule has 134 valence electrons. The van der Waals surface area contributed by atoms with Crippen molar-refractivity contribution in [1.82, 2.24) is 19.7 Å². The van der Waals surface area contributed by atoms with E-state index in [0.29, 0.717) is 17.1 Å². The van der Waals surface area contributed by atoms with Gasteiger partial charge in [-0.3, -0.25) is 14.3 Å². The first kappa shape index (κ1) is 17.4. The van der Waals surface area contributed by atoms with Crippen molar-refractivity contribution in [3.8, 4) is 0 Å². The number of esters is 1. The third kappa shape index (κ3) is 3.23. The summed E-state index contributed by atoms with van der Waals surface area (Å²) >= 11 is 0. The summed E-state index contributed by atoms with van der Waals surface area (Å²) in [7, 11) is 3.16. The largest absolute Gasteiger partial charge is 0.468 e. The number of hydrogen-bond donors (Lipinski definition) is 0. The van der Waals surface area contributed by atoms with E-state index in [4.69, 9.17) is 9.72 Å². The number of rotatable bonds is 5. The molecule has 1 aliphatic carbocycles. The van der Waals surface area contributed by atoms with Crippen LogP contribution >= 0.6 is 0 Å². The number of aryl methyl sites for hydroxylation is 2. The summed E-state index contributed by atoms with van der Waals surface area (Å²) in [5.41, 5.74) is 2.97. The van der Waals surface area contributed by atoms with E-state index < -0.39 is 5.97 Å². The highest BCUT2D eigenvalue weighted by atomic mass is 16.5. The predicted molar refractivity (Wildman–Crippen MR) is 93.4 cm³/mol. The van der Waals surface area contributed by atoms with Crippen LogP contribution in [0.15, 0.2) is 6.07 Å². The second kappa shape index (κ2) is 6.46. The van der Waals surface area contributed by atoms with Gasteiger partial charge in [-0.25, -0.2) is 4.98 Å². The van der Waals surface area contributed by atoms with Crippen LogP contribution in [0, 0.1) is 6.92 Å². The van der Waals surface area contributed by atoms with Crippen molar-refractivity contribution in [2.24, 2.45) is 7.05 Å². The second-order valence-electron chi connectivity index (χ2n) is 6.88. The number of methoxy groups -OCH3 is 1. The Morgan fingerprint density at radius 3 is 2.64 bits per heavy atom. The first-order chi connectivity index (χ1) is 11.8. The molecule has 0 atom stereocenters. The average molecular weight is 344 g/mol. The van der Waals surface area contributed by atoms with Gasteiger partial charge in [0.1, 0.15) is 6.54 Å². The molecule has 1 aliphatic rings. The topological polar surface area (TPSA) is 77.3 Å². The maximum absolute atomic E-state index is 13.3. The molecular formula is C18H24N4O3. The van der Waals surface area contributed by atoms with E-state index in [1.807, 2.05) is 33.9 Å². The fourth-order valence-electron chi connectivity index (χ4n) is 3.07. The fourth-order valence-corrected chi connectivity index (χ4v) is 3.07. The van der Waals surface area contributed by atoms with Crippen LogP contribution in [0.1, 0.15) is 54.4 Å². The highest BCUT2D eigenvalue weighted by Crippen LogP contribution is 2.40. The Morgan fingerprint density at radius 1 is 1.40 bits per heavy atom. The van der Waals surface area contributed by atoms with E-state index in [1.54, 1.807) is 4.68 Å². The first-order valence-electron chi connectivity index (χ1n) is 8.55. The molecule has 0 spiro atoms. The van der Waals surface area contributed by atoms with Crippen LogP contribution < -0.4 is 0 Å². The number of pyridine rings is 1. The smallest absolute Gasteiger partial charge is 0.325 e.